The topological polar surface area (TPSA) is 84.1 Å². The van der Waals surface area contributed by atoms with Gasteiger partial charge in [-0.05, 0) is 20.3 Å². The highest BCUT2D eigenvalue weighted by Crippen LogP contribution is 2.21. The highest BCUT2D eigenvalue weighted by molar-refractivity contribution is 5.81. The van der Waals surface area contributed by atoms with Crippen LogP contribution >= 0.6 is 0 Å². The monoisotopic (exact) mass is 235 g/mol. The van der Waals surface area contributed by atoms with Gasteiger partial charge in [0.1, 0.15) is 17.5 Å². The van der Waals surface area contributed by atoms with Gasteiger partial charge in [-0.1, -0.05) is 0 Å². The van der Waals surface area contributed by atoms with Crippen molar-refractivity contribution in [2.45, 2.75) is 20.3 Å². The molecule has 1 amide bonds. The normalized spacial score (nSPS) is 16.6. The molecule has 1 aromatic rings. The molecule has 0 unspecified atom stereocenters. The van der Waals surface area contributed by atoms with Gasteiger partial charge in [0.15, 0.2) is 0 Å². The number of nitrogens with two attached hydrogens (primary N) is 1. The van der Waals surface area contributed by atoms with Gasteiger partial charge in [0.25, 0.3) is 0 Å². The van der Waals surface area contributed by atoms with E-state index in [-0.39, 0.29) is 5.91 Å². The Kier molecular flexibility index (Phi) is 3.12. The molecule has 1 fully saturated rings. The third-order valence-electron chi connectivity index (χ3n) is 2.83. The Bertz CT molecular complexity index is 446. The van der Waals surface area contributed by atoms with Crippen molar-refractivity contribution >= 4 is 17.5 Å². The Balaban J connectivity index is 2.35. The molecule has 0 radical (unpaired) electrons. The minimum absolute atomic E-state index is 0.0248. The second-order valence-electron chi connectivity index (χ2n) is 4.23. The van der Waals surface area contributed by atoms with Crippen molar-refractivity contribution in [1.82, 2.24) is 15.3 Å². The molecule has 0 aromatic carbocycles. The van der Waals surface area contributed by atoms with Crippen molar-refractivity contribution < 1.29 is 4.79 Å². The summed E-state index contributed by atoms with van der Waals surface area (Å²) in [6, 6.07) is 0. The molecule has 1 aliphatic rings. The lowest BCUT2D eigenvalue weighted by molar-refractivity contribution is -0.119. The van der Waals surface area contributed by atoms with E-state index in [0.717, 1.165) is 24.3 Å². The molecule has 0 aliphatic carbocycles. The number of nitrogens with zero attached hydrogens (tertiary/aromatic N) is 3. The van der Waals surface area contributed by atoms with Crippen LogP contribution in [0.1, 0.15) is 17.8 Å². The minimum Gasteiger partial charge on any atom is -0.383 e. The molecular weight excluding hydrogens is 218 g/mol. The Hall–Kier alpha value is -1.85. The number of carbonyl (C=O) groups is 1. The third-order valence-corrected chi connectivity index (χ3v) is 2.83. The largest absolute Gasteiger partial charge is 0.383 e. The lowest BCUT2D eigenvalue weighted by atomic mass is 10.2. The van der Waals surface area contributed by atoms with E-state index < -0.39 is 0 Å². The van der Waals surface area contributed by atoms with Crippen LogP contribution in [0.3, 0.4) is 0 Å². The van der Waals surface area contributed by atoms with Crippen LogP contribution in [0.4, 0.5) is 11.6 Å². The van der Waals surface area contributed by atoms with Crippen molar-refractivity contribution in [1.29, 1.82) is 0 Å². The van der Waals surface area contributed by atoms with Gasteiger partial charge in [-0.3, -0.25) is 4.79 Å². The molecule has 6 heteroatoms. The van der Waals surface area contributed by atoms with Crippen molar-refractivity contribution in [3.8, 4) is 0 Å². The first-order chi connectivity index (χ1) is 8.08. The van der Waals surface area contributed by atoms with Crippen LogP contribution in [0.2, 0.25) is 0 Å². The molecule has 17 heavy (non-hydrogen) atoms. The number of amides is 1. The van der Waals surface area contributed by atoms with Gasteiger partial charge >= 0.3 is 0 Å². The van der Waals surface area contributed by atoms with Gasteiger partial charge in [0.2, 0.25) is 5.91 Å². The molecule has 0 bridgehead atoms. The van der Waals surface area contributed by atoms with E-state index in [1.807, 2.05) is 11.8 Å². The van der Waals surface area contributed by atoms with Crippen LogP contribution in [-0.4, -0.2) is 35.5 Å². The maximum absolute atomic E-state index is 11.5. The maximum Gasteiger partial charge on any atom is 0.239 e. The van der Waals surface area contributed by atoms with Crippen molar-refractivity contribution in [2.24, 2.45) is 0 Å². The van der Waals surface area contributed by atoms with E-state index in [9.17, 15) is 4.79 Å². The number of aromatic nitrogens is 2. The molecule has 2 rings (SSSR count). The lowest BCUT2D eigenvalue weighted by Gasteiger charge is -2.22. The van der Waals surface area contributed by atoms with Crippen molar-refractivity contribution in [3.05, 3.63) is 11.4 Å². The van der Waals surface area contributed by atoms with Gasteiger partial charge in [0.05, 0.1) is 6.54 Å². The summed E-state index contributed by atoms with van der Waals surface area (Å²) in [5.74, 6) is 1.91. The van der Waals surface area contributed by atoms with E-state index in [0.29, 0.717) is 24.7 Å². The summed E-state index contributed by atoms with van der Waals surface area (Å²) in [5.41, 5.74) is 6.66. The summed E-state index contributed by atoms with van der Waals surface area (Å²) in [6.45, 7) is 5.53. The molecule has 0 atom stereocenters. The number of rotatable bonds is 1. The second-order valence-corrected chi connectivity index (χ2v) is 4.23. The Labute approximate surface area is 100 Å². The number of nitrogens with one attached hydrogen (secondary N) is 1. The fourth-order valence-electron chi connectivity index (χ4n) is 1.93. The first-order valence-electron chi connectivity index (χ1n) is 5.70. The zero-order valence-electron chi connectivity index (χ0n) is 10.2. The Morgan fingerprint density at radius 2 is 2.12 bits per heavy atom. The molecule has 1 aliphatic heterocycles. The highest BCUT2D eigenvalue weighted by atomic mass is 16.2. The zero-order valence-corrected chi connectivity index (χ0v) is 10.2. The van der Waals surface area contributed by atoms with Gasteiger partial charge in [-0.25, -0.2) is 9.97 Å². The summed E-state index contributed by atoms with van der Waals surface area (Å²) in [7, 11) is 0. The van der Waals surface area contributed by atoms with E-state index in [4.69, 9.17) is 5.73 Å². The van der Waals surface area contributed by atoms with E-state index in [1.54, 1.807) is 6.92 Å². The fraction of sp³-hybridized carbons (Fsp3) is 0.545. The van der Waals surface area contributed by atoms with Crippen LogP contribution in [0.15, 0.2) is 0 Å². The van der Waals surface area contributed by atoms with Gasteiger partial charge in [-0.2, -0.15) is 0 Å². The first kappa shape index (κ1) is 11.6. The number of carbonyl (C=O) groups excluding carboxylic acids is 1. The molecular formula is C11H17N5O. The summed E-state index contributed by atoms with van der Waals surface area (Å²) in [4.78, 5) is 22.0. The van der Waals surface area contributed by atoms with E-state index in [1.165, 1.54) is 0 Å². The van der Waals surface area contributed by atoms with Crippen LogP contribution in [-0.2, 0) is 4.79 Å². The predicted octanol–water partition coefficient (Wildman–Crippen LogP) is 0.00194. The minimum atomic E-state index is 0.0248. The van der Waals surface area contributed by atoms with Crippen molar-refractivity contribution in [3.63, 3.8) is 0 Å². The average Bonchev–Trinajstić information content (AvgIpc) is 2.48. The molecule has 1 saturated heterocycles. The smallest absolute Gasteiger partial charge is 0.239 e. The van der Waals surface area contributed by atoms with Crippen LogP contribution in [0, 0.1) is 13.8 Å². The molecule has 92 valence electrons. The van der Waals surface area contributed by atoms with Crippen molar-refractivity contribution in [2.75, 3.05) is 30.3 Å². The van der Waals surface area contributed by atoms with Crippen LogP contribution in [0.25, 0.3) is 0 Å². The third kappa shape index (κ3) is 2.46. The average molecular weight is 235 g/mol. The lowest BCUT2D eigenvalue weighted by Crippen LogP contribution is -2.34. The molecule has 0 saturated carbocycles. The summed E-state index contributed by atoms with van der Waals surface area (Å²) < 4.78 is 0. The molecule has 1 aromatic heterocycles. The van der Waals surface area contributed by atoms with Crippen LogP contribution in [0.5, 0.6) is 0 Å². The number of hydrogen-bond acceptors (Lipinski definition) is 5. The SMILES string of the molecule is Cc1nc(N)c(C)c(N2CCCNC(=O)C2)n1. The number of hydrogen-bond donors (Lipinski definition) is 2. The molecule has 2 heterocycles. The van der Waals surface area contributed by atoms with E-state index >= 15 is 0 Å². The Morgan fingerprint density at radius 3 is 2.88 bits per heavy atom. The Morgan fingerprint density at radius 1 is 1.35 bits per heavy atom. The number of nitrogen functional groups attached to an aromatic ring is 1. The fourth-order valence-corrected chi connectivity index (χ4v) is 1.93. The first-order valence-corrected chi connectivity index (χ1v) is 5.70. The summed E-state index contributed by atoms with van der Waals surface area (Å²) in [6.07, 6.45) is 0.911. The summed E-state index contributed by atoms with van der Waals surface area (Å²) in [5, 5.41) is 2.84. The molecule has 0 spiro atoms. The van der Waals surface area contributed by atoms with Gasteiger partial charge < -0.3 is 16.0 Å². The predicted molar refractivity (Wildman–Crippen MR) is 65.8 cm³/mol. The van der Waals surface area contributed by atoms with Crippen LogP contribution < -0.4 is 16.0 Å². The molecule has 6 nitrogen and oxygen atoms in total. The quantitative estimate of drug-likeness (QED) is 0.716. The van der Waals surface area contributed by atoms with E-state index in [2.05, 4.69) is 15.3 Å². The highest BCUT2D eigenvalue weighted by Gasteiger charge is 2.19. The standard InChI is InChI=1S/C11H17N5O/c1-7-10(12)14-8(2)15-11(7)16-5-3-4-13-9(17)6-16/h3-6H2,1-2H3,(H,13,17)(H2,12,14,15). The summed E-state index contributed by atoms with van der Waals surface area (Å²) >= 11 is 0. The zero-order chi connectivity index (χ0) is 12.4. The maximum atomic E-state index is 11.5. The molecule has 3 N–H and O–H groups in total. The second kappa shape index (κ2) is 4.57. The number of aryl methyl sites for hydroxylation is 1. The van der Waals surface area contributed by atoms with Gasteiger partial charge in [-0.15, -0.1) is 0 Å². The van der Waals surface area contributed by atoms with Gasteiger partial charge in [0, 0.05) is 18.7 Å². The number of anilines is 2.